The average Bonchev–Trinajstić information content (AvgIpc) is 2.30. The lowest BCUT2D eigenvalue weighted by Crippen LogP contribution is -2.35. The first-order chi connectivity index (χ1) is 5.15. The Bertz CT molecular complexity index is 185. The molecule has 0 radical (unpaired) electrons. The van der Waals surface area contributed by atoms with E-state index in [-0.39, 0.29) is 13.0 Å². The maximum absolute atomic E-state index is 12.5. The molecule has 1 saturated heterocycles. The molecule has 0 aromatic carbocycles. The van der Waals surface area contributed by atoms with Crippen LogP contribution in [0.1, 0.15) is 6.42 Å². The maximum atomic E-state index is 12.5. The van der Waals surface area contributed by atoms with E-state index >= 15 is 0 Å². The predicted octanol–water partition coefficient (Wildman–Crippen LogP) is 0.276. The fourth-order valence-corrected chi connectivity index (χ4v) is 1.16. The van der Waals surface area contributed by atoms with Crippen molar-refractivity contribution in [2.75, 3.05) is 6.54 Å². The average molecular weight is 161 g/mol. The van der Waals surface area contributed by atoms with Crippen LogP contribution < -0.4 is 0 Å². The van der Waals surface area contributed by atoms with Crippen LogP contribution in [-0.2, 0) is 4.79 Å². The smallest absolute Gasteiger partial charge is 0.408 e. The van der Waals surface area contributed by atoms with E-state index in [0.29, 0.717) is 6.29 Å². The summed E-state index contributed by atoms with van der Waals surface area (Å²) < 4.78 is 12.5. The minimum Gasteiger partial charge on any atom is -0.465 e. The fourth-order valence-electron chi connectivity index (χ4n) is 1.16. The summed E-state index contributed by atoms with van der Waals surface area (Å²) in [5.74, 6) is 0. The summed E-state index contributed by atoms with van der Waals surface area (Å²) in [5, 5.41) is 8.43. The Kier molecular flexibility index (Phi) is 2.07. The molecule has 5 heteroatoms. The third kappa shape index (κ3) is 1.47. The number of nitrogens with zero attached hydrogens (tertiary/aromatic N) is 1. The highest BCUT2D eigenvalue weighted by molar-refractivity contribution is 5.72. The summed E-state index contributed by atoms with van der Waals surface area (Å²) in [6.45, 7) is -0.182. The Balaban J connectivity index is 2.64. The van der Waals surface area contributed by atoms with Crippen molar-refractivity contribution < 1.29 is 19.1 Å². The molecule has 0 spiro atoms. The first-order valence-electron chi connectivity index (χ1n) is 3.24. The number of hydrogen-bond acceptors (Lipinski definition) is 2. The first kappa shape index (κ1) is 7.97. The van der Waals surface area contributed by atoms with Gasteiger partial charge in [0, 0.05) is 6.42 Å². The Morgan fingerprint density at radius 3 is 2.73 bits per heavy atom. The van der Waals surface area contributed by atoms with Gasteiger partial charge in [0.25, 0.3) is 0 Å². The van der Waals surface area contributed by atoms with Crippen LogP contribution in [-0.4, -0.2) is 41.1 Å². The molecule has 11 heavy (non-hydrogen) atoms. The van der Waals surface area contributed by atoms with Crippen LogP contribution in [0.2, 0.25) is 0 Å². The fraction of sp³-hybridized carbons (Fsp3) is 0.667. The van der Waals surface area contributed by atoms with Gasteiger partial charge in [-0.2, -0.15) is 0 Å². The summed E-state index contributed by atoms with van der Waals surface area (Å²) in [6, 6.07) is -0.789. The third-order valence-electron chi connectivity index (χ3n) is 1.70. The lowest BCUT2D eigenvalue weighted by Gasteiger charge is -2.14. The number of rotatable bonds is 1. The summed E-state index contributed by atoms with van der Waals surface area (Å²) >= 11 is 0. The van der Waals surface area contributed by atoms with Gasteiger partial charge in [0.15, 0.2) is 0 Å². The molecule has 0 unspecified atom stereocenters. The minimum absolute atomic E-state index is 0.00417. The molecule has 1 aliphatic rings. The number of carbonyl (C=O) groups is 2. The van der Waals surface area contributed by atoms with Crippen molar-refractivity contribution in [3.05, 3.63) is 0 Å². The highest BCUT2D eigenvalue weighted by Crippen LogP contribution is 2.18. The molecule has 4 nitrogen and oxygen atoms in total. The molecule has 1 heterocycles. The molecule has 2 atom stereocenters. The van der Waals surface area contributed by atoms with Gasteiger partial charge >= 0.3 is 6.09 Å². The lowest BCUT2D eigenvalue weighted by atomic mass is 10.2. The zero-order chi connectivity index (χ0) is 8.43. The molecular formula is C6H8FNO3. The summed E-state index contributed by atoms with van der Waals surface area (Å²) in [4.78, 5) is 21.3. The van der Waals surface area contributed by atoms with Crippen LogP contribution in [0.3, 0.4) is 0 Å². The van der Waals surface area contributed by atoms with Crippen molar-refractivity contribution in [2.24, 2.45) is 0 Å². The molecular weight excluding hydrogens is 153 g/mol. The van der Waals surface area contributed by atoms with E-state index in [1.54, 1.807) is 0 Å². The van der Waals surface area contributed by atoms with Gasteiger partial charge in [0.05, 0.1) is 12.6 Å². The standard InChI is InChI=1S/C6H8FNO3/c7-4-1-5(3-9)8(2-4)6(10)11/h3-5H,1-2H2,(H,10,11)/t4-,5+/m1/s1. The van der Waals surface area contributed by atoms with Gasteiger partial charge in [-0.05, 0) is 0 Å². The van der Waals surface area contributed by atoms with Gasteiger partial charge in [-0.1, -0.05) is 0 Å². The van der Waals surface area contributed by atoms with Gasteiger partial charge in [-0.25, -0.2) is 9.18 Å². The van der Waals surface area contributed by atoms with E-state index in [1.807, 2.05) is 0 Å². The number of halogens is 1. The van der Waals surface area contributed by atoms with Crippen molar-refractivity contribution in [1.29, 1.82) is 0 Å². The predicted molar refractivity (Wildman–Crippen MR) is 34.1 cm³/mol. The van der Waals surface area contributed by atoms with Crippen molar-refractivity contribution in [3.8, 4) is 0 Å². The number of carbonyl (C=O) groups excluding carboxylic acids is 1. The van der Waals surface area contributed by atoms with Gasteiger partial charge in [-0.3, -0.25) is 4.90 Å². The van der Waals surface area contributed by atoms with E-state index in [1.165, 1.54) is 0 Å². The summed E-state index contributed by atoms with van der Waals surface area (Å²) in [5.41, 5.74) is 0. The van der Waals surface area contributed by atoms with Crippen LogP contribution in [0.4, 0.5) is 9.18 Å². The van der Waals surface area contributed by atoms with Crippen LogP contribution in [0.15, 0.2) is 0 Å². The number of alkyl halides is 1. The number of carboxylic acid groups (broad SMARTS) is 1. The Morgan fingerprint density at radius 1 is 1.73 bits per heavy atom. The highest BCUT2D eigenvalue weighted by atomic mass is 19.1. The molecule has 0 aromatic heterocycles. The lowest BCUT2D eigenvalue weighted by molar-refractivity contribution is -0.111. The second-order valence-electron chi connectivity index (χ2n) is 2.47. The van der Waals surface area contributed by atoms with Crippen molar-refractivity contribution in [1.82, 2.24) is 4.90 Å². The van der Waals surface area contributed by atoms with Gasteiger partial charge in [0.1, 0.15) is 12.5 Å². The third-order valence-corrected chi connectivity index (χ3v) is 1.70. The molecule has 0 bridgehead atoms. The highest BCUT2D eigenvalue weighted by Gasteiger charge is 2.34. The number of aldehydes is 1. The summed E-state index contributed by atoms with van der Waals surface area (Å²) in [7, 11) is 0. The van der Waals surface area contributed by atoms with E-state index in [9.17, 15) is 14.0 Å². The largest absolute Gasteiger partial charge is 0.465 e. The van der Waals surface area contributed by atoms with Crippen LogP contribution in [0, 0.1) is 0 Å². The molecule has 1 amide bonds. The normalized spacial score (nSPS) is 30.5. The second kappa shape index (κ2) is 2.86. The molecule has 1 aliphatic heterocycles. The number of amides is 1. The van der Waals surface area contributed by atoms with E-state index in [0.717, 1.165) is 4.90 Å². The molecule has 1 N–H and O–H groups in total. The molecule has 1 fully saturated rings. The Labute approximate surface area is 62.6 Å². The van der Waals surface area contributed by atoms with E-state index in [4.69, 9.17) is 5.11 Å². The zero-order valence-electron chi connectivity index (χ0n) is 5.74. The van der Waals surface area contributed by atoms with Gasteiger partial charge in [0.2, 0.25) is 0 Å². The molecule has 0 aromatic rings. The first-order valence-corrected chi connectivity index (χ1v) is 3.24. The zero-order valence-corrected chi connectivity index (χ0v) is 5.74. The SMILES string of the molecule is O=C[C@@H]1C[C@@H](F)CN1C(=O)O. The van der Waals surface area contributed by atoms with Crippen molar-refractivity contribution in [3.63, 3.8) is 0 Å². The Hall–Kier alpha value is -1.13. The Morgan fingerprint density at radius 2 is 2.36 bits per heavy atom. The molecule has 0 aliphatic carbocycles. The monoisotopic (exact) mass is 161 g/mol. The van der Waals surface area contributed by atoms with Crippen molar-refractivity contribution >= 4 is 12.4 Å². The van der Waals surface area contributed by atoms with Gasteiger partial charge in [-0.15, -0.1) is 0 Å². The summed E-state index contributed by atoms with van der Waals surface area (Å²) in [6.07, 6.45) is -1.97. The van der Waals surface area contributed by atoms with Gasteiger partial charge < -0.3 is 9.90 Å². The molecule has 1 rings (SSSR count). The van der Waals surface area contributed by atoms with Crippen LogP contribution in [0.25, 0.3) is 0 Å². The quantitative estimate of drug-likeness (QED) is 0.562. The topological polar surface area (TPSA) is 57.6 Å². The van der Waals surface area contributed by atoms with Crippen LogP contribution >= 0.6 is 0 Å². The maximum Gasteiger partial charge on any atom is 0.408 e. The minimum atomic E-state index is -1.23. The van der Waals surface area contributed by atoms with Crippen LogP contribution in [0.5, 0.6) is 0 Å². The number of hydrogen-bond donors (Lipinski definition) is 1. The van der Waals surface area contributed by atoms with E-state index < -0.39 is 18.3 Å². The second-order valence-corrected chi connectivity index (χ2v) is 2.47. The molecule has 62 valence electrons. The number of likely N-dealkylation sites (tertiary alicyclic amines) is 1. The van der Waals surface area contributed by atoms with E-state index in [2.05, 4.69) is 0 Å². The molecule has 0 saturated carbocycles. The van der Waals surface area contributed by atoms with Crippen molar-refractivity contribution in [2.45, 2.75) is 18.6 Å².